The topological polar surface area (TPSA) is 91.8 Å². The number of hydrogen-bond donors (Lipinski definition) is 0. The first-order valence-corrected chi connectivity index (χ1v) is 11.6. The SMILES string of the molecule is COCC1CN(c2nc(C3CC3)c3c(c2C#N)CC(C)(C)OC3)CCN1C(=O)c1ccoc1. The molecule has 0 spiro atoms. The molecule has 0 bridgehead atoms. The Morgan fingerprint density at radius 1 is 1.33 bits per heavy atom. The van der Waals surface area contributed by atoms with Gasteiger partial charge < -0.3 is 23.7 Å². The van der Waals surface area contributed by atoms with Gasteiger partial charge in [-0.1, -0.05) is 0 Å². The van der Waals surface area contributed by atoms with Gasteiger partial charge in [-0.3, -0.25) is 4.79 Å². The van der Waals surface area contributed by atoms with Crippen molar-refractivity contribution in [3.05, 3.63) is 46.5 Å². The third kappa shape index (κ3) is 4.11. The van der Waals surface area contributed by atoms with E-state index in [1.807, 2.05) is 4.90 Å². The van der Waals surface area contributed by atoms with Crippen molar-refractivity contribution < 1.29 is 18.7 Å². The van der Waals surface area contributed by atoms with Crippen molar-refractivity contribution in [2.24, 2.45) is 0 Å². The molecule has 1 atom stereocenters. The van der Waals surface area contributed by atoms with Crippen LogP contribution in [0.2, 0.25) is 0 Å². The fraction of sp³-hybridized carbons (Fsp3) is 0.560. The fourth-order valence-corrected chi connectivity index (χ4v) is 5.02. The molecule has 1 aliphatic carbocycles. The van der Waals surface area contributed by atoms with Crippen LogP contribution in [0.15, 0.2) is 23.0 Å². The van der Waals surface area contributed by atoms with Crippen molar-refractivity contribution in [1.82, 2.24) is 9.88 Å². The molecule has 3 aliphatic rings. The van der Waals surface area contributed by atoms with Gasteiger partial charge in [0.2, 0.25) is 0 Å². The number of nitrogens with zero attached hydrogens (tertiary/aromatic N) is 4. The number of rotatable bonds is 5. The van der Waals surface area contributed by atoms with Crippen LogP contribution in [0.1, 0.15) is 65.3 Å². The Balaban J connectivity index is 1.50. The molecule has 8 nitrogen and oxygen atoms in total. The summed E-state index contributed by atoms with van der Waals surface area (Å²) in [6.45, 7) is 6.75. The molecule has 2 aromatic heterocycles. The van der Waals surface area contributed by atoms with E-state index in [1.54, 1.807) is 13.2 Å². The number of hydrogen-bond acceptors (Lipinski definition) is 7. The minimum Gasteiger partial charge on any atom is -0.472 e. The monoisotopic (exact) mass is 450 g/mol. The summed E-state index contributed by atoms with van der Waals surface area (Å²) in [5.74, 6) is 1.13. The highest BCUT2D eigenvalue weighted by Crippen LogP contribution is 2.45. The van der Waals surface area contributed by atoms with Crippen LogP contribution in [0, 0.1) is 11.3 Å². The largest absolute Gasteiger partial charge is 0.472 e. The van der Waals surface area contributed by atoms with E-state index >= 15 is 0 Å². The van der Waals surface area contributed by atoms with Crippen LogP contribution in [0.4, 0.5) is 5.82 Å². The molecular weight excluding hydrogens is 420 g/mol. The van der Waals surface area contributed by atoms with Crippen molar-refractivity contribution in [3.63, 3.8) is 0 Å². The molecule has 2 aliphatic heterocycles. The Kier molecular flexibility index (Phi) is 5.63. The highest BCUT2D eigenvalue weighted by Gasteiger charge is 2.39. The third-order valence-corrected chi connectivity index (χ3v) is 6.88. The van der Waals surface area contributed by atoms with Crippen LogP contribution in [0.5, 0.6) is 0 Å². The van der Waals surface area contributed by atoms with Gasteiger partial charge >= 0.3 is 0 Å². The molecule has 33 heavy (non-hydrogen) atoms. The van der Waals surface area contributed by atoms with Gasteiger partial charge in [0.15, 0.2) is 0 Å². The summed E-state index contributed by atoms with van der Waals surface area (Å²) < 4.78 is 16.7. The van der Waals surface area contributed by atoms with E-state index in [4.69, 9.17) is 18.9 Å². The zero-order valence-electron chi connectivity index (χ0n) is 19.5. The summed E-state index contributed by atoms with van der Waals surface area (Å²) in [5, 5.41) is 10.2. The van der Waals surface area contributed by atoms with Gasteiger partial charge in [-0.05, 0) is 38.3 Å². The van der Waals surface area contributed by atoms with Crippen molar-refractivity contribution >= 4 is 11.7 Å². The van der Waals surface area contributed by atoms with E-state index in [0.29, 0.717) is 56.3 Å². The average molecular weight is 451 g/mol. The van der Waals surface area contributed by atoms with Crippen molar-refractivity contribution in [2.75, 3.05) is 38.3 Å². The first-order valence-electron chi connectivity index (χ1n) is 11.6. The number of piperazine rings is 1. The molecule has 2 aromatic rings. The molecule has 1 saturated carbocycles. The molecule has 2 fully saturated rings. The molecule has 8 heteroatoms. The Hall–Kier alpha value is -2.89. The van der Waals surface area contributed by atoms with E-state index in [2.05, 4.69) is 24.8 Å². The number of carbonyl (C=O) groups excluding carboxylic acids is 1. The minimum absolute atomic E-state index is 0.0677. The number of methoxy groups -OCH3 is 1. The van der Waals surface area contributed by atoms with E-state index in [-0.39, 0.29) is 17.6 Å². The summed E-state index contributed by atoms with van der Waals surface area (Å²) in [6, 6.07) is 4.00. The van der Waals surface area contributed by atoms with Crippen LogP contribution >= 0.6 is 0 Å². The molecule has 0 radical (unpaired) electrons. The van der Waals surface area contributed by atoms with E-state index in [0.717, 1.165) is 35.5 Å². The van der Waals surface area contributed by atoms with Crippen LogP contribution in [0.3, 0.4) is 0 Å². The van der Waals surface area contributed by atoms with E-state index in [1.165, 1.54) is 12.5 Å². The van der Waals surface area contributed by atoms with Gasteiger partial charge in [-0.25, -0.2) is 4.98 Å². The van der Waals surface area contributed by atoms with E-state index < -0.39 is 0 Å². The Morgan fingerprint density at radius 2 is 2.15 bits per heavy atom. The number of furan rings is 1. The lowest BCUT2D eigenvalue weighted by atomic mass is 9.87. The highest BCUT2D eigenvalue weighted by molar-refractivity contribution is 5.94. The summed E-state index contributed by atoms with van der Waals surface area (Å²) in [5.41, 5.74) is 4.16. The normalized spacial score (nSPS) is 22.1. The molecule has 1 amide bonds. The van der Waals surface area contributed by atoms with Gasteiger partial charge in [0.05, 0.1) is 47.9 Å². The van der Waals surface area contributed by atoms with Gasteiger partial charge in [-0.2, -0.15) is 5.26 Å². The first-order chi connectivity index (χ1) is 15.9. The molecule has 0 N–H and O–H groups in total. The predicted octanol–water partition coefficient (Wildman–Crippen LogP) is 3.25. The molecule has 5 rings (SSSR count). The second-order valence-corrected chi connectivity index (χ2v) is 9.83. The minimum atomic E-state index is -0.313. The zero-order chi connectivity index (χ0) is 23.2. The Morgan fingerprint density at radius 3 is 2.82 bits per heavy atom. The molecule has 4 heterocycles. The maximum absolute atomic E-state index is 13.0. The van der Waals surface area contributed by atoms with Crippen LogP contribution < -0.4 is 4.90 Å². The lowest BCUT2D eigenvalue weighted by Crippen LogP contribution is -2.57. The van der Waals surface area contributed by atoms with Crippen LogP contribution in [-0.4, -0.2) is 60.8 Å². The van der Waals surface area contributed by atoms with Gasteiger partial charge in [0, 0.05) is 44.6 Å². The second-order valence-electron chi connectivity index (χ2n) is 9.83. The molecule has 1 saturated heterocycles. The number of fused-ring (bicyclic) bond motifs is 1. The number of anilines is 1. The molecule has 1 unspecified atom stereocenters. The fourth-order valence-electron chi connectivity index (χ4n) is 5.02. The standard InChI is InChI=1S/C25H30N4O4/c1-25(2)10-19-20(11-26)23(27-22(16-4-5-16)21(19)15-33-25)28-7-8-29(18(12-28)14-31-3)24(30)17-6-9-32-13-17/h6,9,13,16,18H,4-5,7-8,10,12,14-15H2,1-3H3. The first kappa shape index (κ1) is 21.9. The highest BCUT2D eigenvalue weighted by atomic mass is 16.5. The summed E-state index contributed by atoms with van der Waals surface area (Å²) in [7, 11) is 1.64. The summed E-state index contributed by atoms with van der Waals surface area (Å²) in [6.07, 6.45) is 5.95. The number of amides is 1. The lowest BCUT2D eigenvalue weighted by Gasteiger charge is -2.42. The second kappa shape index (κ2) is 8.47. The smallest absolute Gasteiger partial charge is 0.257 e. The number of nitriles is 1. The van der Waals surface area contributed by atoms with Crippen LogP contribution in [-0.2, 0) is 22.5 Å². The average Bonchev–Trinajstić information content (AvgIpc) is 3.50. The van der Waals surface area contributed by atoms with Crippen molar-refractivity contribution in [2.45, 2.75) is 57.3 Å². The number of aromatic nitrogens is 1. The maximum Gasteiger partial charge on any atom is 0.257 e. The quantitative estimate of drug-likeness (QED) is 0.690. The Labute approximate surface area is 194 Å². The predicted molar refractivity (Wildman–Crippen MR) is 121 cm³/mol. The van der Waals surface area contributed by atoms with Gasteiger partial charge in [0.1, 0.15) is 18.2 Å². The van der Waals surface area contributed by atoms with Crippen molar-refractivity contribution in [1.29, 1.82) is 5.26 Å². The van der Waals surface area contributed by atoms with Gasteiger partial charge in [-0.15, -0.1) is 0 Å². The summed E-state index contributed by atoms with van der Waals surface area (Å²) >= 11 is 0. The number of pyridine rings is 1. The Bertz CT molecular complexity index is 1080. The molecule has 0 aromatic carbocycles. The summed E-state index contributed by atoms with van der Waals surface area (Å²) in [4.78, 5) is 22.1. The number of carbonyl (C=O) groups is 1. The zero-order valence-corrected chi connectivity index (χ0v) is 19.5. The molecular formula is C25H30N4O4. The lowest BCUT2D eigenvalue weighted by molar-refractivity contribution is -0.0407. The molecule has 174 valence electrons. The van der Waals surface area contributed by atoms with E-state index in [9.17, 15) is 10.1 Å². The van der Waals surface area contributed by atoms with Gasteiger partial charge in [0.25, 0.3) is 5.91 Å². The van der Waals surface area contributed by atoms with Crippen LogP contribution in [0.25, 0.3) is 0 Å². The maximum atomic E-state index is 13.0. The number of ether oxygens (including phenoxy) is 2. The third-order valence-electron chi connectivity index (χ3n) is 6.88. The van der Waals surface area contributed by atoms with Crippen molar-refractivity contribution in [3.8, 4) is 6.07 Å².